The lowest BCUT2D eigenvalue weighted by Crippen LogP contribution is -2.30. The van der Waals surface area contributed by atoms with E-state index in [1.807, 2.05) is 42.5 Å². The van der Waals surface area contributed by atoms with Gasteiger partial charge < -0.3 is 14.8 Å². The van der Waals surface area contributed by atoms with Gasteiger partial charge in [-0.3, -0.25) is 4.79 Å². The molecule has 4 nitrogen and oxygen atoms in total. The van der Waals surface area contributed by atoms with E-state index in [1.54, 1.807) is 6.07 Å². The molecule has 1 unspecified atom stereocenters. The summed E-state index contributed by atoms with van der Waals surface area (Å²) in [5.41, 5.74) is 3.26. The second-order valence-corrected chi connectivity index (χ2v) is 6.56. The minimum Gasteiger partial charge on any atom is -0.338 e. The molecular weight excluding hydrogens is 305 g/mol. The van der Waals surface area contributed by atoms with Crippen LogP contribution in [0.15, 0.2) is 30.3 Å². The van der Waals surface area contributed by atoms with Crippen LogP contribution in [0.2, 0.25) is 0 Å². The predicted molar refractivity (Wildman–Crippen MR) is 93.1 cm³/mol. The summed E-state index contributed by atoms with van der Waals surface area (Å²) < 4.78 is 15.5. The molecule has 2 aromatic rings. The van der Waals surface area contributed by atoms with Gasteiger partial charge in [-0.1, -0.05) is 6.07 Å². The largest absolute Gasteiger partial charge is 0.338 e. The highest BCUT2D eigenvalue weighted by Crippen LogP contribution is 2.25. The van der Waals surface area contributed by atoms with Crippen molar-refractivity contribution in [2.45, 2.75) is 20.3 Å². The van der Waals surface area contributed by atoms with Gasteiger partial charge in [0.2, 0.25) is 0 Å². The number of nitrogens with zero attached hydrogens (tertiary/aromatic N) is 2. The molecular formula is C19H24FN3O. The van der Waals surface area contributed by atoms with Gasteiger partial charge in [0, 0.05) is 30.2 Å². The lowest BCUT2D eigenvalue weighted by molar-refractivity contribution is 0.0786. The van der Waals surface area contributed by atoms with Crippen LogP contribution in [-0.2, 0) is 0 Å². The van der Waals surface area contributed by atoms with Crippen LogP contribution in [0.5, 0.6) is 0 Å². The van der Waals surface area contributed by atoms with Crippen molar-refractivity contribution in [1.82, 2.24) is 14.8 Å². The molecule has 0 radical (unpaired) electrons. The molecule has 1 atom stereocenters. The number of aromatic nitrogens is 1. The third-order valence-electron chi connectivity index (χ3n) is 4.79. The maximum atomic E-state index is 13.5. The molecule has 0 bridgehead atoms. The third-order valence-corrected chi connectivity index (χ3v) is 4.79. The maximum Gasteiger partial charge on any atom is 0.255 e. The number of amides is 1. The number of rotatable bonds is 4. The van der Waals surface area contributed by atoms with Gasteiger partial charge in [-0.15, -0.1) is 0 Å². The van der Waals surface area contributed by atoms with E-state index < -0.39 is 0 Å². The van der Waals surface area contributed by atoms with Crippen molar-refractivity contribution < 1.29 is 9.18 Å². The Bertz CT molecular complexity index is 753. The molecule has 128 valence electrons. The highest BCUT2D eigenvalue weighted by atomic mass is 19.1. The minimum absolute atomic E-state index is 0.0735. The van der Waals surface area contributed by atoms with Crippen molar-refractivity contribution >= 4 is 5.91 Å². The first kappa shape index (κ1) is 16.7. The predicted octanol–water partition coefficient (Wildman–Crippen LogP) is 2.91. The van der Waals surface area contributed by atoms with E-state index >= 15 is 0 Å². The van der Waals surface area contributed by atoms with Crippen LogP contribution in [-0.4, -0.2) is 42.1 Å². The van der Waals surface area contributed by atoms with Crippen LogP contribution in [0.4, 0.5) is 4.39 Å². The van der Waals surface area contributed by atoms with Gasteiger partial charge in [0.05, 0.1) is 5.56 Å². The second kappa shape index (κ2) is 6.77. The van der Waals surface area contributed by atoms with Crippen molar-refractivity contribution in [3.05, 3.63) is 53.1 Å². The van der Waals surface area contributed by atoms with Gasteiger partial charge in [0.1, 0.15) is 5.82 Å². The quantitative estimate of drug-likeness (QED) is 0.936. The molecule has 1 aromatic carbocycles. The van der Waals surface area contributed by atoms with Crippen molar-refractivity contribution in [3.8, 4) is 5.69 Å². The summed E-state index contributed by atoms with van der Waals surface area (Å²) in [5.74, 6) is 0.317. The number of carbonyl (C=O) groups is 1. The molecule has 1 aromatic heterocycles. The zero-order valence-corrected chi connectivity index (χ0v) is 14.5. The molecule has 24 heavy (non-hydrogen) atoms. The Kier molecular flexibility index (Phi) is 4.71. The van der Waals surface area contributed by atoms with Crippen molar-refractivity contribution in [1.29, 1.82) is 0 Å². The highest BCUT2D eigenvalue weighted by molar-refractivity contribution is 5.96. The molecule has 0 saturated carbocycles. The Morgan fingerprint density at radius 2 is 2.12 bits per heavy atom. The van der Waals surface area contributed by atoms with Gasteiger partial charge in [-0.25, -0.2) is 4.39 Å². The highest BCUT2D eigenvalue weighted by Gasteiger charge is 2.28. The number of nitrogens with one attached hydrogen (secondary N) is 1. The van der Waals surface area contributed by atoms with Crippen LogP contribution in [0.25, 0.3) is 5.69 Å². The molecule has 1 amide bonds. The number of likely N-dealkylation sites (tertiary alicyclic amines) is 1. The number of hydrogen-bond acceptors (Lipinski definition) is 2. The summed E-state index contributed by atoms with van der Waals surface area (Å²) in [7, 11) is 1.94. The molecule has 2 heterocycles. The fourth-order valence-corrected chi connectivity index (χ4v) is 3.63. The molecule has 0 spiro atoms. The van der Waals surface area contributed by atoms with Gasteiger partial charge in [-0.05, 0) is 64.0 Å². The zero-order valence-electron chi connectivity index (χ0n) is 14.5. The van der Waals surface area contributed by atoms with Crippen molar-refractivity contribution in [2.75, 3.05) is 26.7 Å². The Balaban J connectivity index is 1.88. The van der Waals surface area contributed by atoms with Crippen LogP contribution < -0.4 is 5.32 Å². The van der Waals surface area contributed by atoms with E-state index in [0.29, 0.717) is 11.5 Å². The van der Waals surface area contributed by atoms with Crippen LogP contribution in [0.3, 0.4) is 0 Å². The molecule has 5 heteroatoms. The molecule has 1 N–H and O–H groups in total. The summed E-state index contributed by atoms with van der Waals surface area (Å²) in [6.07, 6.45) is 1.04. The number of hydrogen-bond donors (Lipinski definition) is 1. The molecule has 1 saturated heterocycles. The van der Waals surface area contributed by atoms with E-state index in [2.05, 4.69) is 5.32 Å². The van der Waals surface area contributed by atoms with E-state index in [4.69, 9.17) is 0 Å². The topological polar surface area (TPSA) is 37.3 Å². The summed E-state index contributed by atoms with van der Waals surface area (Å²) >= 11 is 0. The average Bonchev–Trinajstić information content (AvgIpc) is 3.12. The average molecular weight is 329 g/mol. The number of halogens is 1. The van der Waals surface area contributed by atoms with Gasteiger partial charge in [-0.2, -0.15) is 0 Å². The fourth-order valence-electron chi connectivity index (χ4n) is 3.63. The molecule has 1 aliphatic rings. The monoisotopic (exact) mass is 329 g/mol. The maximum absolute atomic E-state index is 13.5. The first-order valence-electron chi connectivity index (χ1n) is 8.40. The van der Waals surface area contributed by atoms with E-state index in [0.717, 1.165) is 43.1 Å². The molecule has 1 fully saturated rings. The summed E-state index contributed by atoms with van der Waals surface area (Å²) in [6.45, 7) is 6.40. The van der Waals surface area contributed by atoms with Crippen LogP contribution in [0.1, 0.15) is 28.2 Å². The second-order valence-electron chi connectivity index (χ2n) is 6.56. The van der Waals surface area contributed by atoms with Gasteiger partial charge >= 0.3 is 0 Å². The first-order chi connectivity index (χ1) is 11.5. The number of carbonyl (C=O) groups excluding carboxylic acids is 1. The number of benzene rings is 1. The standard InChI is InChI=1S/C19H24FN3O/c1-13-9-18(19(24)22-8-7-15(12-22)11-21-3)14(2)23(13)17-6-4-5-16(20)10-17/h4-6,9-10,15,21H,7-8,11-12H2,1-3H3. The van der Waals surface area contributed by atoms with E-state index in [1.165, 1.54) is 12.1 Å². The van der Waals surface area contributed by atoms with Gasteiger partial charge in [0.25, 0.3) is 5.91 Å². The number of aryl methyl sites for hydroxylation is 1. The third kappa shape index (κ3) is 3.08. The Morgan fingerprint density at radius 1 is 1.33 bits per heavy atom. The first-order valence-corrected chi connectivity index (χ1v) is 8.40. The van der Waals surface area contributed by atoms with Gasteiger partial charge in [0.15, 0.2) is 0 Å². The van der Waals surface area contributed by atoms with Crippen molar-refractivity contribution in [3.63, 3.8) is 0 Å². The van der Waals surface area contributed by atoms with Crippen molar-refractivity contribution in [2.24, 2.45) is 5.92 Å². The van der Waals surface area contributed by atoms with Crippen LogP contribution >= 0.6 is 0 Å². The molecule has 1 aliphatic heterocycles. The summed E-state index contributed by atoms with van der Waals surface area (Å²) in [4.78, 5) is 14.8. The molecule has 3 rings (SSSR count). The van der Waals surface area contributed by atoms with E-state index in [9.17, 15) is 9.18 Å². The lowest BCUT2D eigenvalue weighted by atomic mass is 10.1. The zero-order chi connectivity index (χ0) is 17.3. The minimum atomic E-state index is -0.276. The fraction of sp³-hybridized carbons (Fsp3) is 0.421. The van der Waals surface area contributed by atoms with E-state index in [-0.39, 0.29) is 11.7 Å². The smallest absolute Gasteiger partial charge is 0.255 e. The summed E-state index contributed by atoms with van der Waals surface area (Å²) in [6, 6.07) is 8.38. The Morgan fingerprint density at radius 3 is 2.83 bits per heavy atom. The summed E-state index contributed by atoms with van der Waals surface area (Å²) in [5, 5.41) is 3.18. The SMILES string of the molecule is CNCC1CCN(C(=O)c2cc(C)n(-c3cccc(F)c3)c2C)C1. The Labute approximate surface area is 142 Å². The lowest BCUT2D eigenvalue weighted by Gasteiger charge is -2.17. The molecule has 0 aliphatic carbocycles. The Hall–Kier alpha value is -2.14. The normalized spacial score (nSPS) is 17.5. The van der Waals surface area contributed by atoms with Crippen LogP contribution in [0, 0.1) is 25.6 Å².